The van der Waals surface area contributed by atoms with Gasteiger partial charge < -0.3 is 45.9 Å². The van der Waals surface area contributed by atoms with Crippen molar-refractivity contribution in [3.8, 4) is 5.75 Å². The van der Waals surface area contributed by atoms with Crippen molar-refractivity contribution in [3.05, 3.63) is 59.5 Å². The number of benzene rings is 2. The summed E-state index contributed by atoms with van der Waals surface area (Å²) in [5, 5.41) is 22.4. The Kier molecular flexibility index (Phi) is 13.2. The number of nitrogens with zero attached hydrogens (tertiary/aromatic N) is 3. The molecule has 0 bridgehead atoms. The van der Waals surface area contributed by atoms with Crippen molar-refractivity contribution >= 4 is 46.5 Å². The minimum Gasteiger partial charge on any atom is -0.488 e. The number of nitrogens with one attached hydrogen (secondary N) is 3. The van der Waals surface area contributed by atoms with Crippen LogP contribution >= 0.6 is 0 Å². The lowest BCUT2D eigenvalue weighted by Gasteiger charge is -2.34. The minimum absolute atomic E-state index is 0.00187. The molecular weight excluding hydrogens is 642 g/mol. The van der Waals surface area contributed by atoms with Crippen molar-refractivity contribution in [1.29, 1.82) is 0 Å². The smallest absolute Gasteiger partial charge is 0.321 e. The summed E-state index contributed by atoms with van der Waals surface area (Å²) in [6.07, 6.45) is 2.00. The molecule has 1 aromatic heterocycles. The summed E-state index contributed by atoms with van der Waals surface area (Å²) >= 11 is 0. The summed E-state index contributed by atoms with van der Waals surface area (Å²) in [5.41, 5.74) is 9.15. The second kappa shape index (κ2) is 17.5. The molecule has 0 saturated carbocycles. The van der Waals surface area contributed by atoms with E-state index in [2.05, 4.69) is 21.1 Å². The molecule has 0 saturated heterocycles. The van der Waals surface area contributed by atoms with E-state index in [1.165, 1.54) is 4.90 Å². The molecule has 0 radical (unpaired) electrons. The van der Waals surface area contributed by atoms with E-state index < -0.39 is 12.1 Å². The van der Waals surface area contributed by atoms with Crippen molar-refractivity contribution in [3.63, 3.8) is 0 Å². The van der Waals surface area contributed by atoms with Crippen LogP contribution in [0.3, 0.4) is 0 Å². The lowest BCUT2D eigenvalue weighted by Crippen LogP contribution is -2.48. The van der Waals surface area contributed by atoms with E-state index in [1.54, 1.807) is 75.2 Å². The number of hydrogen-bond donors (Lipinski definition) is 5. The molecule has 14 heteroatoms. The number of carbonyl (C=O) groups is 4. The number of para-hydroxylation sites is 2. The number of aliphatic hydroxyl groups is 1. The van der Waals surface area contributed by atoms with Crippen LogP contribution in [0.5, 0.6) is 5.75 Å². The fourth-order valence-electron chi connectivity index (χ4n) is 5.74. The van der Waals surface area contributed by atoms with Crippen LogP contribution in [0, 0.1) is 19.8 Å². The average molecular weight is 692 g/mol. The number of aryl methyl sites for hydroxylation is 2. The molecule has 1 aliphatic rings. The molecule has 270 valence electrons. The maximum atomic E-state index is 13.6. The van der Waals surface area contributed by atoms with E-state index >= 15 is 0 Å². The van der Waals surface area contributed by atoms with Gasteiger partial charge in [-0.05, 0) is 63.9 Å². The molecule has 2 aromatic carbocycles. The van der Waals surface area contributed by atoms with Crippen molar-refractivity contribution in [2.75, 3.05) is 48.4 Å². The van der Waals surface area contributed by atoms with Gasteiger partial charge in [0.05, 0.1) is 37.0 Å². The van der Waals surface area contributed by atoms with Gasteiger partial charge in [0.2, 0.25) is 17.7 Å². The maximum absolute atomic E-state index is 13.6. The second-order valence-electron chi connectivity index (χ2n) is 13.0. The first kappa shape index (κ1) is 37.7. The number of likely N-dealkylation sites (N-methyl/N-ethyl adjacent to an activating group) is 1. The summed E-state index contributed by atoms with van der Waals surface area (Å²) < 4.78 is 11.7. The molecule has 3 atom stereocenters. The van der Waals surface area contributed by atoms with Crippen molar-refractivity contribution < 1.29 is 33.5 Å². The first-order chi connectivity index (χ1) is 23.9. The van der Waals surface area contributed by atoms with Crippen LogP contribution in [0.15, 0.2) is 47.0 Å². The number of rotatable bonds is 13. The number of fused-ring (bicyclic) bond motifs is 1. The molecule has 0 spiro atoms. The number of amides is 5. The van der Waals surface area contributed by atoms with Gasteiger partial charge in [-0.2, -0.15) is 0 Å². The Bertz CT molecular complexity index is 1640. The fraction of sp³-hybridized carbons (Fsp3) is 0.472. The Labute approximate surface area is 292 Å². The van der Waals surface area contributed by atoms with E-state index in [4.69, 9.17) is 15.0 Å². The molecule has 6 N–H and O–H groups in total. The van der Waals surface area contributed by atoms with E-state index in [1.807, 2.05) is 6.92 Å². The number of aliphatic hydroxyl groups excluding tert-OH is 1. The summed E-state index contributed by atoms with van der Waals surface area (Å²) in [6.45, 7) is 7.49. The van der Waals surface area contributed by atoms with Crippen molar-refractivity contribution in [2.24, 2.45) is 5.92 Å². The van der Waals surface area contributed by atoms with Gasteiger partial charge in [-0.1, -0.05) is 30.6 Å². The lowest BCUT2D eigenvalue weighted by molar-refractivity contribution is -0.134. The normalized spacial score (nSPS) is 16.6. The average Bonchev–Trinajstić information content (AvgIpc) is 3.41. The monoisotopic (exact) mass is 691 g/mol. The highest BCUT2D eigenvalue weighted by atomic mass is 16.5. The maximum Gasteiger partial charge on any atom is 0.321 e. The zero-order chi connectivity index (χ0) is 36.4. The number of hydrogen-bond acceptors (Lipinski definition) is 9. The van der Waals surface area contributed by atoms with E-state index in [0.29, 0.717) is 77.7 Å². The Morgan fingerprint density at radius 1 is 1.06 bits per heavy atom. The van der Waals surface area contributed by atoms with Gasteiger partial charge in [0.25, 0.3) is 0 Å². The number of urea groups is 1. The van der Waals surface area contributed by atoms with Gasteiger partial charge in [0.1, 0.15) is 23.2 Å². The van der Waals surface area contributed by atoms with Gasteiger partial charge in [0, 0.05) is 43.6 Å². The van der Waals surface area contributed by atoms with E-state index in [9.17, 15) is 24.3 Å². The third kappa shape index (κ3) is 10.2. The van der Waals surface area contributed by atoms with Crippen LogP contribution in [0.1, 0.15) is 63.0 Å². The molecule has 3 aromatic rings. The van der Waals surface area contributed by atoms with Gasteiger partial charge >= 0.3 is 6.03 Å². The molecular formula is C36H49N7O7. The number of ether oxygens (including phenoxy) is 1. The predicted molar refractivity (Wildman–Crippen MR) is 191 cm³/mol. The Hall–Kier alpha value is -5.11. The summed E-state index contributed by atoms with van der Waals surface area (Å²) in [6, 6.07) is 11.5. The SMILES string of the molecule is Cc1noc(C)c1NC(=O)N(C)C[C@@H]1Oc2ccc(NC(=O)CCCCCC(=O)Nc3ccccc3N)cc2CC(=O)N([C@@H](C)CO)C[C@@H]1C. The van der Waals surface area contributed by atoms with Crippen LogP contribution < -0.4 is 26.4 Å². The van der Waals surface area contributed by atoms with Crippen molar-refractivity contribution in [2.45, 2.75) is 78.4 Å². The minimum atomic E-state index is -0.513. The van der Waals surface area contributed by atoms with Crippen LogP contribution in [0.2, 0.25) is 0 Å². The van der Waals surface area contributed by atoms with Crippen LogP contribution in [-0.2, 0) is 20.8 Å². The third-order valence-electron chi connectivity index (χ3n) is 8.81. The van der Waals surface area contributed by atoms with Crippen LogP contribution in [0.25, 0.3) is 0 Å². The standard InChI is InChI=1S/C36H49N7O7/c1-22-19-43(23(2)21-44)34(47)18-26-17-27(38-32(45)13-7-6-8-14-33(46)39-29-12-10-9-11-28(29)37)15-16-30(26)49-31(22)20-42(5)36(48)40-35-24(3)41-50-25(35)4/h9-12,15-17,22-23,31,44H,6-8,13-14,18-21,37H2,1-5H3,(H,38,45)(H,39,46)(H,40,48)/t22-,23-,31-/m0/s1. The number of carbonyl (C=O) groups excluding carboxylic acids is 4. The van der Waals surface area contributed by atoms with Gasteiger partial charge in [-0.15, -0.1) is 0 Å². The van der Waals surface area contributed by atoms with Gasteiger partial charge in [0.15, 0.2) is 5.76 Å². The number of aromatic nitrogens is 1. The first-order valence-corrected chi connectivity index (χ1v) is 16.9. The molecule has 14 nitrogen and oxygen atoms in total. The lowest BCUT2D eigenvalue weighted by atomic mass is 10.0. The highest BCUT2D eigenvalue weighted by molar-refractivity contribution is 5.94. The predicted octanol–water partition coefficient (Wildman–Crippen LogP) is 4.71. The first-order valence-electron chi connectivity index (χ1n) is 16.9. The zero-order valence-electron chi connectivity index (χ0n) is 29.5. The fourth-order valence-corrected chi connectivity index (χ4v) is 5.74. The summed E-state index contributed by atoms with van der Waals surface area (Å²) in [7, 11) is 1.66. The Morgan fingerprint density at radius 2 is 1.76 bits per heavy atom. The Morgan fingerprint density at radius 3 is 2.42 bits per heavy atom. The highest BCUT2D eigenvalue weighted by Crippen LogP contribution is 2.30. The molecule has 4 rings (SSSR count). The van der Waals surface area contributed by atoms with Crippen LogP contribution in [0.4, 0.5) is 27.5 Å². The molecule has 2 heterocycles. The third-order valence-corrected chi connectivity index (χ3v) is 8.81. The number of nitrogens with two attached hydrogens (primary N) is 1. The second-order valence-corrected chi connectivity index (χ2v) is 13.0. The topological polar surface area (TPSA) is 192 Å². The summed E-state index contributed by atoms with van der Waals surface area (Å²) in [5.74, 6) is 0.258. The van der Waals surface area contributed by atoms with Gasteiger partial charge in [-0.3, -0.25) is 14.4 Å². The number of anilines is 4. The van der Waals surface area contributed by atoms with Gasteiger partial charge in [-0.25, -0.2) is 4.79 Å². The Balaban J connectivity index is 1.38. The largest absolute Gasteiger partial charge is 0.488 e. The molecule has 0 aliphatic carbocycles. The molecule has 0 fully saturated rings. The van der Waals surface area contributed by atoms with E-state index in [-0.39, 0.29) is 55.7 Å². The highest BCUT2D eigenvalue weighted by Gasteiger charge is 2.32. The van der Waals surface area contributed by atoms with Crippen LogP contribution in [-0.4, -0.2) is 82.7 Å². The summed E-state index contributed by atoms with van der Waals surface area (Å²) in [4.78, 5) is 54.9. The van der Waals surface area contributed by atoms with E-state index in [0.717, 1.165) is 0 Å². The van der Waals surface area contributed by atoms with Crippen molar-refractivity contribution in [1.82, 2.24) is 15.0 Å². The zero-order valence-corrected chi connectivity index (χ0v) is 29.5. The molecule has 50 heavy (non-hydrogen) atoms. The quantitative estimate of drug-likeness (QED) is 0.125. The number of nitrogen functional groups attached to an aromatic ring is 1. The molecule has 1 aliphatic heterocycles. The number of unbranched alkanes of at least 4 members (excludes halogenated alkanes) is 2. The molecule has 0 unspecified atom stereocenters. The molecule has 5 amide bonds.